The molecule has 33 heavy (non-hydrogen) atoms. The van der Waals surface area contributed by atoms with E-state index in [9.17, 15) is 9.59 Å². The summed E-state index contributed by atoms with van der Waals surface area (Å²) in [6, 6.07) is 0. The predicted octanol–water partition coefficient (Wildman–Crippen LogP) is 2.29. The zero-order chi connectivity index (χ0) is 24.0. The highest BCUT2D eigenvalue weighted by Crippen LogP contribution is 2.38. The van der Waals surface area contributed by atoms with Gasteiger partial charge < -0.3 is 24.1 Å². The largest absolute Gasteiger partial charge is 0.480 e. The van der Waals surface area contributed by atoms with Gasteiger partial charge in [0.05, 0.1) is 42.8 Å². The summed E-state index contributed by atoms with van der Waals surface area (Å²) < 4.78 is 19.7. The number of ether oxygens (including phenoxy) is 3. The average molecular weight is 476 g/mol. The third-order valence-electron chi connectivity index (χ3n) is 5.06. The van der Waals surface area contributed by atoms with E-state index >= 15 is 0 Å². The van der Waals surface area contributed by atoms with Gasteiger partial charge in [0.1, 0.15) is 6.23 Å². The number of hydrogen-bond acceptors (Lipinski definition) is 8. The van der Waals surface area contributed by atoms with Gasteiger partial charge in [-0.15, -0.1) is 11.8 Å². The van der Waals surface area contributed by atoms with Crippen molar-refractivity contribution in [3.05, 3.63) is 11.8 Å². The highest BCUT2D eigenvalue weighted by Gasteiger charge is 2.37. The molecule has 11 heteroatoms. The van der Waals surface area contributed by atoms with E-state index in [0.717, 1.165) is 6.42 Å². The molecule has 0 unspecified atom stereocenters. The first-order valence-corrected chi connectivity index (χ1v) is 12.0. The molecule has 0 spiro atoms. The molecule has 2 aromatic heterocycles. The topological polar surface area (TPSA) is 117 Å². The number of methoxy groups -OCH3 is 1. The van der Waals surface area contributed by atoms with Crippen LogP contribution in [0.2, 0.25) is 0 Å². The zero-order valence-electron chi connectivity index (χ0n) is 19.4. The van der Waals surface area contributed by atoms with Crippen LogP contribution in [0.4, 0.5) is 5.95 Å². The molecule has 0 saturated carbocycles. The molecule has 2 amide bonds. The lowest BCUT2D eigenvalue weighted by Gasteiger charge is -2.16. The Labute approximate surface area is 197 Å². The van der Waals surface area contributed by atoms with Crippen molar-refractivity contribution < 1.29 is 23.8 Å². The molecule has 10 nitrogen and oxygen atoms in total. The van der Waals surface area contributed by atoms with Crippen LogP contribution in [-0.2, 0) is 19.1 Å². The van der Waals surface area contributed by atoms with Crippen molar-refractivity contribution in [3.63, 3.8) is 0 Å². The van der Waals surface area contributed by atoms with Crippen LogP contribution >= 0.6 is 11.8 Å². The predicted molar refractivity (Wildman–Crippen MR) is 126 cm³/mol. The molecule has 1 saturated heterocycles. The Balaban J connectivity index is 2.07. The van der Waals surface area contributed by atoms with Gasteiger partial charge in [-0.1, -0.05) is 18.8 Å². The molecular formula is C22H29N5O5S. The Morgan fingerprint density at radius 1 is 1.33 bits per heavy atom. The maximum absolute atomic E-state index is 11.6. The van der Waals surface area contributed by atoms with Gasteiger partial charge in [0.25, 0.3) is 0 Å². The molecule has 1 fully saturated rings. The minimum atomic E-state index is -0.333. The highest BCUT2D eigenvalue weighted by atomic mass is 32.2. The third kappa shape index (κ3) is 5.96. The fourth-order valence-electron chi connectivity index (χ4n) is 3.66. The van der Waals surface area contributed by atoms with Gasteiger partial charge in [-0.25, -0.2) is 0 Å². The first-order valence-electron chi connectivity index (χ1n) is 10.6. The third-order valence-corrected chi connectivity index (χ3v) is 5.43. The fourth-order valence-corrected chi connectivity index (χ4v) is 3.98. The van der Waals surface area contributed by atoms with E-state index in [1.165, 1.54) is 21.0 Å². The van der Waals surface area contributed by atoms with Gasteiger partial charge >= 0.3 is 0 Å². The maximum atomic E-state index is 11.6. The summed E-state index contributed by atoms with van der Waals surface area (Å²) in [7, 11) is 1.50. The SMILES string of the molecule is CC[C@H]1O[C@@H](n2cc(C#CCNC(C)=O)c3c(OC)nc(NC(C)=O)nc32)C[C@H]1OCSC. The summed E-state index contributed by atoms with van der Waals surface area (Å²) in [4.78, 5) is 31.6. The van der Waals surface area contributed by atoms with E-state index in [4.69, 9.17) is 14.2 Å². The minimum Gasteiger partial charge on any atom is -0.480 e. The summed E-state index contributed by atoms with van der Waals surface area (Å²) in [6.45, 7) is 5.09. The van der Waals surface area contributed by atoms with Crippen molar-refractivity contribution in [2.75, 3.05) is 31.2 Å². The number of hydrogen-bond donors (Lipinski definition) is 2. The first-order chi connectivity index (χ1) is 15.9. The van der Waals surface area contributed by atoms with Gasteiger partial charge in [0, 0.05) is 26.5 Å². The quantitative estimate of drug-likeness (QED) is 0.441. The van der Waals surface area contributed by atoms with Crippen molar-refractivity contribution in [1.29, 1.82) is 0 Å². The van der Waals surface area contributed by atoms with E-state index in [0.29, 0.717) is 29.0 Å². The first kappa shape index (κ1) is 24.8. The van der Waals surface area contributed by atoms with Crippen LogP contribution in [-0.4, -0.2) is 64.4 Å². The number of rotatable bonds is 8. The smallest absolute Gasteiger partial charge is 0.234 e. The Kier molecular flexibility index (Phi) is 8.55. The van der Waals surface area contributed by atoms with Crippen LogP contribution in [0.3, 0.4) is 0 Å². The van der Waals surface area contributed by atoms with Crippen LogP contribution in [0.25, 0.3) is 11.0 Å². The zero-order valence-corrected chi connectivity index (χ0v) is 20.2. The number of aromatic nitrogens is 3. The van der Waals surface area contributed by atoms with Crippen molar-refractivity contribution in [2.45, 2.75) is 52.0 Å². The van der Waals surface area contributed by atoms with Gasteiger partial charge in [-0.3, -0.25) is 14.9 Å². The van der Waals surface area contributed by atoms with Crippen LogP contribution in [0.1, 0.15) is 45.4 Å². The van der Waals surface area contributed by atoms with Gasteiger partial charge in [-0.2, -0.15) is 9.97 Å². The number of thioether (sulfide) groups is 1. The maximum Gasteiger partial charge on any atom is 0.234 e. The molecule has 2 aromatic rings. The molecule has 3 rings (SSSR count). The van der Waals surface area contributed by atoms with Gasteiger partial charge in [0.2, 0.25) is 23.6 Å². The molecule has 0 bridgehead atoms. The normalized spacial score (nSPS) is 19.7. The number of carbonyl (C=O) groups is 2. The second-order valence-corrected chi connectivity index (χ2v) is 8.30. The van der Waals surface area contributed by atoms with Crippen molar-refractivity contribution in [3.8, 4) is 17.7 Å². The standard InChI is InChI=1S/C22H29N5O5S/c1-6-16-17(31-12-33-5)10-18(32-16)27-11-15(8-7-9-23-13(2)28)19-20(27)25-22(24-14(3)29)26-21(19)30-4/h11,16-18H,6,9-10,12H2,1-5H3,(H,23,28)(H,24,25,26,29)/t16-,17-,18-/m1/s1. The van der Waals surface area contributed by atoms with Crippen LogP contribution in [0.5, 0.6) is 5.88 Å². The molecule has 0 radical (unpaired) electrons. The molecule has 1 aliphatic rings. The number of nitrogens with zero attached hydrogens (tertiary/aromatic N) is 3. The van der Waals surface area contributed by atoms with Crippen LogP contribution < -0.4 is 15.4 Å². The molecule has 3 atom stereocenters. The van der Waals surface area contributed by atoms with Crippen LogP contribution in [0.15, 0.2) is 6.20 Å². The molecule has 2 N–H and O–H groups in total. The van der Waals surface area contributed by atoms with E-state index in [-0.39, 0.29) is 48.6 Å². The Morgan fingerprint density at radius 3 is 2.76 bits per heavy atom. The number of amides is 2. The van der Waals surface area contributed by atoms with Crippen LogP contribution in [0, 0.1) is 11.8 Å². The monoisotopic (exact) mass is 475 g/mol. The lowest BCUT2D eigenvalue weighted by Crippen LogP contribution is -2.23. The molecule has 1 aliphatic heterocycles. The number of carbonyl (C=O) groups excluding carboxylic acids is 2. The van der Waals surface area contributed by atoms with Gasteiger partial charge in [0.15, 0.2) is 5.65 Å². The van der Waals surface area contributed by atoms with E-state index in [1.54, 1.807) is 11.8 Å². The lowest BCUT2D eigenvalue weighted by atomic mass is 10.1. The molecular weight excluding hydrogens is 446 g/mol. The van der Waals surface area contributed by atoms with Gasteiger partial charge in [-0.05, 0) is 12.7 Å². The molecule has 0 aromatic carbocycles. The second-order valence-electron chi connectivity index (χ2n) is 7.48. The summed E-state index contributed by atoms with van der Waals surface area (Å²) in [6.07, 6.45) is 4.86. The highest BCUT2D eigenvalue weighted by molar-refractivity contribution is 7.98. The second kappa shape index (κ2) is 11.4. The van der Waals surface area contributed by atoms with Crippen molar-refractivity contribution in [2.24, 2.45) is 0 Å². The Bertz CT molecular complexity index is 1080. The summed E-state index contributed by atoms with van der Waals surface area (Å²) in [5.41, 5.74) is 1.16. The minimum absolute atomic E-state index is 0.0438. The average Bonchev–Trinajstić information content (AvgIpc) is 3.35. The summed E-state index contributed by atoms with van der Waals surface area (Å²) in [5.74, 6) is 6.56. The van der Waals surface area contributed by atoms with E-state index < -0.39 is 0 Å². The number of anilines is 1. The van der Waals surface area contributed by atoms with E-state index in [1.807, 2.05) is 17.0 Å². The number of fused-ring (bicyclic) bond motifs is 1. The number of nitrogens with one attached hydrogen (secondary N) is 2. The Hall–Kier alpha value is -2.81. The molecule has 178 valence electrons. The molecule has 3 heterocycles. The summed E-state index contributed by atoms with van der Waals surface area (Å²) >= 11 is 1.62. The fraction of sp³-hybridized carbons (Fsp3) is 0.545. The Morgan fingerprint density at radius 2 is 2.12 bits per heavy atom. The van der Waals surface area contributed by atoms with E-state index in [2.05, 4.69) is 39.4 Å². The molecule has 0 aliphatic carbocycles. The van der Waals surface area contributed by atoms with Crippen molar-refractivity contribution in [1.82, 2.24) is 19.9 Å². The summed E-state index contributed by atoms with van der Waals surface area (Å²) in [5, 5.41) is 5.87. The van der Waals surface area contributed by atoms with Crippen molar-refractivity contribution >= 4 is 40.6 Å². The lowest BCUT2D eigenvalue weighted by molar-refractivity contribution is -0.118.